The highest BCUT2D eigenvalue weighted by Crippen LogP contribution is 2.19. The lowest BCUT2D eigenvalue weighted by Gasteiger charge is -2.30. The van der Waals surface area contributed by atoms with Crippen LogP contribution in [0, 0.1) is 5.92 Å². The van der Waals surface area contributed by atoms with Gasteiger partial charge in [0.1, 0.15) is 0 Å². The Hall–Kier alpha value is -1.30. The molecule has 106 valence electrons. The molecule has 0 radical (unpaired) electrons. The maximum absolute atomic E-state index is 6.05. The van der Waals surface area contributed by atoms with Gasteiger partial charge < -0.3 is 15.5 Å². The molecular weight excluding hydrogens is 258 g/mol. The van der Waals surface area contributed by atoms with Gasteiger partial charge in [-0.2, -0.15) is 0 Å². The van der Waals surface area contributed by atoms with Gasteiger partial charge in [-0.1, -0.05) is 6.92 Å². The zero-order chi connectivity index (χ0) is 13.8. The molecule has 0 amide bonds. The summed E-state index contributed by atoms with van der Waals surface area (Å²) in [4.78, 5) is 13.2. The second-order valence-corrected chi connectivity index (χ2v) is 6.20. The van der Waals surface area contributed by atoms with Crippen LogP contribution in [-0.4, -0.2) is 43.0 Å². The quantitative estimate of drug-likeness (QED) is 0.677. The summed E-state index contributed by atoms with van der Waals surface area (Å²) in [5.74, 6) is 1.47. The van der Waals surface area contributed by atoms with Gasteiger partial charge in [-0.05, 0) is 18.8 Å². The monoisotopic (exact) mass is 281 g/mol. The van der Waals surface area contributed by atoms with E-state index >= 15 is 0 Å². The molecule has 0 aliphatic carbocycles. The van der Waals surface area contributed by atoms with E-state index in [4.69, 9.17) is 5.73 Å². The summed E-state index contributed by atoms with van der Waals surface area (Å²) >= 11 is 1.64. The van der Waals surface area contributed by atoms with Crippen LogP contribution in [0.5, 0.6) is 0 Å². The molecule has 1 saturated heterocycles. The molecule has 0 unspecified atom stereocenters. The lowest BCUT2D eigenvalue weighted by atomic mass is 10.00. The number of likely N-dealkylation sites (tertiary alicyclic amines) is 1. The molecule has 2 rings (SSSR count). The number of piperidine rings is 1. The molecule has 0 spiro atoms. The molecule has 1 aromatic heterocycles. The summed E-state index contributed by atoms with van der Waals surface area (Å²) in [6, 6.07) is 0. The van der Waals surface area contributed by atoms with Crippen molar-refractivity contribution in [3.63, 3.8) is 0 Å². The van der Waals surface area contributed by atoms with E-state index in [1.165, 1.54) is 12.8 Å². The lowest BCUT2D eigenvalue weighted by molar-refractivity contribution is 0.277. The van der Waals surface area contributed by atoms with Crippen molar-refractivity contribution in [3.05, 3.63) is 11.1 Å². The van der Waals surface area contributed by atoms with Gasteiger partial charge in [-0.3, -0.25) is 0 Å². The van der Waals surface area contributed by atoms with Crippen LogP contribution in [0.3, 0.4) is 0 Å². The average molecular weight is 281 g/mol. The van der Waals surface area contributed by atoms with Gasteiger partial charge in [0.05, 0.1) is 12.2 Å². The predicted molar refractivity (Wildman–Crippen MR) is 81.7 cm³/mol. The third-order valence-electron chi connectivity index (χ3n) is 3.43. The van der Waals surface area contributed by atoms with Crippen molar-refractivity contribution >= 4 is 22.4 Å². The third kappa shape index (κ3) is 3.83. The normalized spacial score (nSPS) is 17.8. The van der Waals surface area contributed by atoms with Crippen molar-refractivity contribution in [2.45, 2.75) is 26.3 Å². The molecule has 0 saturated carbocycles. The molecule has 0 atom stereocenters. The minimum absolute atomic E-state index is 0.572. The van der Waals surface area contributed by atoms with Crippen molar-refractivity contribution in [2.24, 2.45) is 16.6 Å². The fourth-order valence-electron chi connectivity index (χ4n) is 2.07. The van der Waals surface area contributed by atoms with Gasteiger partial charge in [-0.25, -0.2) is 9.98 Å². The fraction of sp³-hybridized carbons (Fsp3) is 0.692. The Kier molecular flexibility index (Phi) is 4.63. The number of aliphatic imine (C=N–C) groups is 1. The minimum Gasteiger partial charge on any atom is -0.370 e. The van der Waals surface area contributed by atoms with Crippen molar-refractivity contribution in [1.82, 2.24) is 9.88 Å². The van der Waals surface area contributed by atoms with Crippen LogP contribution < -0.4 is 10.6 Å². The highest BCUT2D eigenvalue weighted by molar-refractivity contribution is 7.13. The number of hydrogen-bond donors (Lipinski definition) is 1. The van der Waals surface area contributed by atoms with Crippen molar-refractivity contribution < 1.29 is 0 Å². The van der Waals surface area contributed by atoms with E-state index < -0.39 is 0 Å². The Morgan fingerprint density at radius 1 is 1.53 bits per heavy atom. The van der Waals surface area contributed by atoms with Crippen molar-refractivity contribution in [3.8, 4) is 0 Å². The first-order chi connectivity index (χ1) is 9.06. The van der Waals surface area contributed by atoms with E-state index in [9.17, 15) is 0 Å². The molecule has 1 aromatic rings. The second kappa shape index (κ2) is 6.23. The van der Waals surface area contributed by atoms with E-state index in [-0.39, 0.29) is 0 Å². The fourth-order valence-corrected chi connectivity index (χ4v) is 2.82. The van der Waals surface area contributed by atoms with Gasteiger partial charge >= 0.3 is 0 Å². The highest BCUT2D eigenvalue weighted by atomic mass is 32.1. The van der Waals surface area contributed by atoms with E-state index in [2.05, 4.69) is 21.8 Å². The van der Waals surface area contributed by atoms with Gasteiger partial charge in [0.15, 0.2) is 11.1 Å². The van der Waals surface area contributed by atoms with Crippen LogP contribution in [0.15, 0.2) is 10.4 Å². The standard InChI is InChI=1S/C13H23N5S/c1-10-4-6-18(7-5-10)12(14)15-8-11-9-19-13(16-11)17(2)3/h9-10H,4-8H2,1-3H3,(H2,14,15). The smallest absolute Gasteiger partial charge is 0.191 e. The summed E-state index contributed by atoms with van der Waals surface area (Å²) in [7, 11) is 3.99. The van der Waals surface area contributed by atoms with Crippen LogP contribution in [0.2, 0.25) is 0 Å². The molecule has 2 heterocycles. The molecule has 5 nitrogen and oxygen atoms in total. The first-order valence-electron chi connectivity index (χ1n) is 6.73. The van der Waals surface area contributed by atoms with Gasteiger partial charge in [-0.15, -0.1) is 11.3 Å². The highest BCUT2D eigenvalue weighted by Gasteiger charge is 2.16. The summed E-state index contributed by atoms with van der Waals surface area (Å²) in [5.41, 5.74) is 7.04. The zero-order valence-electron chi connectivity index (χ0n) is 12.0. The predicted octanol–water partition coefficient (Wildman–Crippen LogP) is 1.76. The number of aromatic nitrogens is 1. The minimum atomic E-state index is 0.572. The molecule has 19 heavy (non-hydrogen) atoms. The van der Waals surface area contributed by atoms with Crippen molar-refractivity contribution in [2.75, 3.05) is 32.1 Å². The first-order valence-corrected chi connectivity index (χ1v) is 7.61. The van der Waals surface area contributed by atoms with E-state index in [1.807, 2.05) is 24.4 Å². The van der Waals surface area contributed by atoms with E-state index in [0.717, 1.165) is 29.8 Å². The largest absolute Gasteiger partial charge is 0.370 e. The maximum Gasteiger partial charge on any atom is 0.191 e. The Balaban J connectivity index is 1.90. The topological polar surface area (TPSA) is 57.8 Å². The molecule has 1 aliphatic heterocycles. The number of guanidine groups is 1. The van der Waals surface area contributed by atoms with Crippen LogP contribution in [0.1, 0.15) is 25.5 Å². The molecule has 2 N–H and O–H groups in total. The van der Waals surface area contributed by atoms with Crippen molar-refractivity contribution in [1.29, 1.82) is 0 Å². The SMILES string of the molecule is CC1CCN(C(N)=NCc2csc(N(C)C)n2)CC1. The Labute approximate surface area is 119 Å². The van der Waals surface area contributed by atoms with Gasteiger partial charge in [0.2, 0.25) is 0 Å². The maximum atomic E-state index is 6.05. The van der Waals surface area contributed by atoms with Crippen LogP contribution in [-0.2, 0) is 6.54 Å². The molecule has 6 heteroatoms. The molecule has 1 fully saturated rings. The molecule has 0 aromatic carbocycles. The number of hydrogen-bond acceptors (Lipinski definition) is 4. The zero-order valence-corrected chi connectivity index (χ0v) is 12.8. The number of nitrogens with zero attached hydrogens (tertiary/aromatic N) is 4. The number of thiazole rings is 1. The lowest BCUT2D eigenvalue weighted by Crippen LogP contribution is -2.42. The van der Waals surface area contributed by atoms with E-state index in [0.29, 0.717) is 12.5 Å². The summed E-state index contributed by atoms with van der Waals surface area (Å²) in [5, 5.41) is 3.06. The van der Waals surface area contributed by atoms with Crippen LogP contribution in [0.4, 0.5) is 5.13 Å². The third-order valence-corrected chi connectivity index (χ3v) is 4.49. The molecule has 0 bridgehead atoms. The Morgan fingerprint density at radius 2 is 2.21 bits per heavy atom. The second-order valence-electron chi connectivity index (χ2n) is 5.36. The van der Waals surface area contributed by atoms with Crippen LogP contribution >= 0.6 is 11.3 Å². The number of rotatable bonds is 3. The summed E-state index contributed by atoms with van der Waals surface area (Å²) < 4.78 is 0. The summed E-state index contributed by atoms with van der Waals surface area (Å²) in [6.07, 6.45) is 2.41. The van der Waals surface area contributed by atoms with Gasteiger partial charge in [0.25, 0.3) is 0 Å². The Morgan fingerprint density at radius 3 is 2.79 bits per heavy atom. The van der Waals surface area contributed by atoms with Crippen LogP contribution in [0.25, 0.3) is 0 Å². The number of anilines is 1. The average Bonchev–Trinajstić information content (AvgIpc) is 2.86. The van der Waals surface area contributed by atoms with Gasteiger partial charge in [0, 0.05) is 32.6 Å². The summed E-state index contributed by atoms with van der Waals surface area (Å²) in [6.45, 7) is 4.91. The molecule has 1 aliphatic rings. The molecular formula is C13H23N5S. The first kappa shape index (κ1) is 14.1. The van der Waals surface area contributed by atoms with E-state index in [1.54, 1.807) is 11.3 Å². The number of nitrogens with two attached hydrogens (primary N) is 1. The Bertz CT molecular complexity index is 432.